The monoisotopic (exact) mass is 1150 g/mol. The second-order valence-electron chi connectivity index (χ2n) is 25.6. The number of hydrogen-bond donors (Lipinski definition) is 3. The van der Waals surface area contributed by atoms with E-state index >= 15 is 0 Å². The van der Waals surface area contributed by atoms with Gasteiger partial charge in [-0.2, -0.15) is 0 Å². The molecule has 0 aromatic rings. The SMILES string of the molecule is CCCCCCCCC/C=C\CCCCCCCCCC(=O)OCCCCCCCCCCCCC/C=C\CCCCCCCCCC(=O)NC(CO)C(O)/C=C/CCCCCCCCCCCCCCCCCCCCCCCCC. The normalized spacial score (nSPS) is 12.7. The van der Waals surface area contributed by atoms with Crippen LogP contribution in [0.1, 0.15) is 412 Å². The Hall–Kier alpha value is -1.92. The zero-order valence-corrected chi connectivity index (χ0v) is 55.5. The molecule has 0 spiro atoms. The summed E-state index contributed by atoms with van der Waals surface area (Å²) in [6, 6.07) is -0.635. The first-order valence-electron chi connectivity index (χ1n) is 37.3. The van der Waals surface area contributed by atoms with Crippen LogP contribution < -0.4 is 5.32 Å². The molecule has 0 rings (SSSR count). The molecule has 0 saturated carbocycles. The van der Waals surface area contributed by atoms with Crippen molar-refractivity contribution >= 4 is 11.9 Å². The van der Waals surface area contributed by atoms with Gasteiger partial charge in [0.05, 0.1) is 25.4 Å². The Morgan fingerprint density at radius 3 is 0.866 bits per heavy atom. The molecular weight excluding hydrogens is 1010 g/mol. The van der Waals surface area contributed by atoms with E-state index in [2.05, 4.69) is 43.5 Å². The topological polar surface area (TPSA) is 95.9 Å². The largest absolute Gasteiger partial charge is 0.466 e. The summed E-state index contributed by atoms with van der Waals surface area (Å²) in [5.41, 5.74) is 0. The molecule has 3 N–H and O–H groups in total. The van der Waals surface area contributed by atoms with Gasteiger partial charge in [-0.3, -0.25) is 9.59 Å². The van der Waals surface area contributed by atoms with Gasteiger partial charge in [0.25, 0.3) is 0 Å². The third kappa shape index (κ3) is 67.2. The molecule has 6 heteroatoms. The van der Waals surface area contributed by atoms with Crippen molar-refractivity contribution in [3.05, 3.63) is 36.5 Å². The van der Waals surface area contributed by atoms with Gasteiger partial charge in [-0.15, -0.1) is 0 Å². The highest BCUT2D eigenvalue weighted by atomic mass is 16.5. The van der Waals surface area contributed by atoms with Gasteiger partial charge in [-0.1, -0.05) is 352 Å². The van der Waals surface area contributed by atoms with Crippen molar-refractivity contribution in [3.8, 4) is 0 Å². The Kier molecular flexibility index (Phi) is 69.9. The maximum Gasteiger partial charge on any atom is 0.305 e. The van der Waals surface area contributed by atoms with Crippen molar-refractivity contribution in [2.45, 2.75) is 424 Å². The lowest BCUT2D eigenvalue weighted by molar-refractivity contribution is -0.143. The molecule has 1 amide bonds. The van der Waals surface area contributed by atoms with Crippen molar-refractivity contribution in [2.75, 3.05) is 13.2 Å². The van der Waals surface area contributed by atoms with Gasteiger partial charge in [0.2, 0.25) is 5.91 Å². The van der Waals surface area contributed by atoms with Gasteiger partial charge >= 0.3 is 5.97 Å². The average Bonchev–Trinajstić information content (AvgIpc) is 3.48. The highest BCUT2D eigenvalue weighted by molar-refractivity contribution is 5.76. The summed E-state index contributed by atoms with van der Waals surface area (Å²) in [5, 5.41) is 23.3. The second kappa shape index (κ2) is 71.6. The van der Waals surface area contributed by atoms with Crippen LogP contribution in [0.5, 0.6) is 0 Å². The lowest BCUT2D eigenvalue weighted by atomic mass is 10.0. The third-order valence-electron chi connectivity index (χ3n) is 17.4. The first-order valence-corrected chi connectivity index (χ1v) is 37.3. The lowest BCUT2D eigenvalue weighted by Crippen LogP contribution is -2.45. The second-order valence-corrected chi connectivity index (χ2v) is 25.6. The summed E-state index contributed by atoms with van der Waals surface area (Å²) in [7, 11) is 0. The summed E-state index contributed by atoms with van der Waals surface area (Å²) < 4.78 is 5.50. The summed E-state index contributed by atoms with van der Waals surface area (Å²) in [5.74, 6) is -0.0634. The molecule has 0 fully saturated rings. The molecule has 0 heterocycles. The van der Waals surface area contributed by atoms with Crippen LogP contribution >= 0.6 is 0 Å². The van der Waals surface area contributed by atoms with Crippen LogP contribution in [0.15, 0.2) is 36.5 Å². The number of unbranched alkanes of at least 4 members (excludes halogenated alkanes) is 55. The van der Waals surface area contributed by atoms with E-state index in [-0.39, 0.29) is 18.5 Å². The van der Waals surface area contributed by atoms with Crippen LogP contribution in [-0.4, -0.2) is 47.4 Å². The average molecular weight is 1150 g/mol. The molecule has 0 aliphatic rings. The van der Waals surface area contributed by atoms with E-state index in [9.17, 15) is 19.8 Å². The van der Waals surface area contributed by atoms with Gasteiger partial charge < -0.3 is 20.3 Å². The van der Waals surface area contributed by atoms with E-state index in [1.54, 1.807) is 6.08 Å². The summed E-state index contributed by atoms with van der Waals surface area (Å²) in [6.45, 7) is 4.93. The number of ether oxygens (including phenoxy) is 1. The summed E-state index contributed by atoms with van der Waals surface area (Å²) >= 11 is 0. The van der Waals surface area contributed by atoms with Crippen LogP contribution in [0, 0.1) is 0 Å². The van der Waals surface area contributed by atoms with Gasteiger partial charge in [0, 0.05) is 12.8 Å². The lowest BCUT2D eigenvalue weighted by Gasteiger charge is -2.20. The van der Waals surface area contributed by atoms with Gasteiger partial charge in [-0.25, -0.2) is 0 Å². The fourth-order valence-electron chi connectivity index (χ4n) is 11.7. The Labute approximate surface area is 513 Å². The number of aliphatic hydroxyl groups excluding tert-OH is 2. The molecule has 0 saturated heterocycles. The van der Waals surface area contributed by atoms with E-state index in [4.69, 9.17) is 4.74 Å². The van der Waals surface area contributed by atoms with E-state index < -0.39 is 12.1 Å². The van der Waals surface area contributed by atoms with Crippen LogP contribution in [0.4, 0.5) is 0 Å². The van der Waals surface area contributed by atoms with Crippen molar-refractivity contribution < 1.29 is 24.5 Å². The minimum absolute atomic E-state index is 0.00732. The molecule has 0 aromatic heterocycles. The number of hydrogen-bond acceptors (Lipinski definition) is 5. The zero-order valence-electron chi connectivity index (χ0n) is 55.5. The smallest absolute Gasteiger partial charge is 0.305 e. The van der Waals surface area contributed by atoms with Crippen molar-refractivity contribution in [3.63, 3.8) is 0 Å². The molecule has 82 heavy (non-hydrogen) atoms. The van der Waals surface area contributed by atoms with Crippen molar-refractivity contribution in [1.82, 2.24) is 5.32 Å². The third-order valence-corrected chi connectivity index (χ3v) is 17.4. The first kappa shape index (κ1) is 80.1. The summed E-state index contributed by atoms with van der Waals surface area (Å²) in [6.07, 6.45) is 92.3. The molecule has 0 aromatic carbocycles. The maximum atomic E-state index is 12.5. The predicted molar refractivity (Wildman–Crippen MR) is 361 cm³/mol. The molecule has 0 aliphatic heterocycles. The molecular formula is C76H145NO5. The Morgan fingerprint density at radius 2 is 0.573 bits per heavy atom. The van der Waals surface area contributed by atoms with Crippen LogP contribution in [-0.2, 0) is 14.3 Å². The number of esters is 1. The van der Waals surface area contributed by atoms with Gasteiger partial charge in [-0.05, 0) is 83.5 Å². The number of carbonyl (C=O) groups is 2. The Bertz CT molecular complexity index is 1330. The van der Waals surface area contributed by atoms with E-state index in [0.29, 0.717) is 19.4 Å². The number of carbonyl (C=O) groups excluding carboxylic acids is 2. The number of amides is 1. The number of aliphatic hydroxyl groups is 2. The minimum Gasteiger partial charge on any atom is -0.466 e. The maximum absolute atomic E-state index is 12.5. The van der Waals surface area contributed by atoms with E-state index in [1.165, 1.54) is 334 Å². The van der Waals surface area contributed by atoms with Crippen molar-refractivity contribution in [2.24, 2.45) is 0 Å². The van der Waals surface area contributed by atoms with E-state index in [0.717, 1.165) is 51.4 Å². The summed E-state index contributed by atoms with van der Waals surface area (Å²) in [4.78, 5) is 24.7. The van der Waals surface area contributed by atoms with Crippen LogP contribution in [0.25, 0.3) is 0 Å². The Morgan fingerprint density at radius 1 is 0.329 bits per heavy atom. The van der Waals surface area contributed by atoms with Gasteiger partial charge in [0.15, 0.2) is 0 Å². The van der Waals surface area contributed by atoms with Gasteiger partial charge in [0.1, 0.15) is 0 Å². The number of rotatable bonds is 70. The first-order chi connectivity index (χ1) is 40.5. The highest BCUT2D eigenvalue weighted by Gasteiger charge is 2.18. The number of nitrogens with one attached hydrogen (secondary N) is 1. The van der Waals surface area contributed by atoms with Crippen molar-refractivity contribution in [1.29, 1.82) is 0 Å². The van der Waals surface area contributed by atoms with Crippen LogP contribution in [0.2, 0.25) is 0 Å². The fourth-order valence-corrected chi connectivity index (χ4v) is 11.7. The molecule has 2 atom stereocenters. The zero-order chi connectivity index (χ0) is 59.2. The molecule has 0 radical (unpaired) electrons. The molecule has 484 valence electrons. The fraction of sp³-hybridized carbons (Fsp3) is 0.895. The van der Waals surface area contributed by atoms with Crippen LogP contribution in [0.3, 0.4) is 0 Å². The standard InChI is InChI=1S/C76H145NO5/c1-3-5-7-9-11-13-15-17-19-21-23-24-25-26-27-30-33-36-40-44-48-52-56-60-64-68-74(79)73(72-78)77-75(80)69-65-61-57-53-49-45-41-37-34-31-28-29-32-35-39-43-47-51-55-59-63-67-71-82-76(81)70-66-62-58-54-50-46-42-38-22-20-18-16-14-12-10-8-6-4-2/h20,22,31,34,64,68,73-74,78-79H,3-19,21,23-30,32-33,35-63,65-67,69-72H2,1-2H3,(H,77,80)/b22-20-,34-31-,68-64+. The molecule has 6 nitrogen and oxygen atoms in total. The Balaban J connectivity index is 3.43. The molecule has 0 aliphatic carbocycles. The molecule has 0 bridgehead atoms. The minimum atomic E-state index is -0.851. The quantitative estimate of drug-likeness (QED) is 0.0320. The molecule has 2 unspecified atom stereocenters. The number of allylic oxidation sites excluding steroid dienone is 5. The predicted octanol–water partition coefficient (Wildman–Crippen LogP) is 24.3. The highest BCUT2D eigenvalue weighted by Crippen LogP contribution is 2.19. The van der Waals surface area contributed by atoms with E-state index in [1.807, 2.05) is 6.08 Å².